The summed E-state index contributed by atoms with van der Waals surface area (Å²) < 4.78 is 0. The molecule has 1 rings (SSSR count). The molecule has 0 aromatic carbocycles. The lowest BCUT2D eigenvalue weighted by Crippen LogP contribution is -2.22. The number of carboxylic acid groups (broad SMARTS) is 1. The zero-order chi connectivity index (χ0) is 7.72. The van der Waals surface area contributed by atoms with Crippen LogP contribution >= 0.6 is 0 Å². The molecule has 0 bridgehead atoms. The summed E-state index contributed by atoms with van der Waals surface area (Å²) in [4.78, 5) is 12.5. The molecule has 0 aromatic heterocycles. The van der Waals surface area contributed by atoms with E-state index in [1.54, 1.807) is 0 Å². The van der Waals surface area contributed by atoms with Crippen molar-refractivity contribution >= 4 is 5.97 Å². The predicted octanol–water partition coefficient (Wildman–Crippen LogP) is 0.411. The minimum Gasteiger partial charge on any atom is -0.481 e. The molecule has 0 spiro atoms. The number of nitrogens with zero attached hydrogens (tertiary/aromatic N) is 1. The van der Waals surface area contributed by atoms with Gasteiger partial charge in [0.05, 0.1) is 5.92 Å². The van der Waals surface area contributed by atoms with Gasteiger partial charge in [-0.25, -0.2) is 0 Å². The van der Waals surface area contributed by atoms with Gasteiger partial charge in [-0.15, -0.1) is 0 Å². The topological polar surface area (TPSA) is 40.5 Å². The van der Waals surface area contributed by atoms with Gasteiger partial charge in [0.25, 0.3) is 0 Å². The third kappa shape index (κ3) is 1.29. The molecule has 1 aliphatic heterocycles. The molecule has 1 fully saturated rings. The minimum absolute atomic E-state index is 0.139. The lowest BCUT2D eigenvalue weighted by molar-refractivity contribution is -0.141. The second kappa shape index (κ2) is 2.58. The van der Waals surface area contributed by atoms with Crippen molar-refractivity contribution in [2.75, 3.05) is 13.6 Å². The van der Waals surface area contributed by atoms with E-state index >= 15 is 0 Å². The second-order valence-electron chi connectivity index (χ2n) is 3.06. The van der Waals surface area contributed by atoms with E-state index in [0.29, 0.717) is 12.6 Å². The van der Waals surface area contributed by atoms with Gasteiger partial charge in [-0.05, 0) is 20.4 Å². The molecule has 3 heteroatoms. The summed E-state index contributed by atoms with van der Waals surface area (Å²) in [5.74, 6) is -0.795. The lowest BCUT2D eigenvalue weighted by Gasteiger charge is -2.12. The quantitative estimate of drug-likeness (QED) is 0.578. The van der Waals surface area contributed by atoms with Crippen LogP contribution in [0, 0.1) is 5.92 Å². The highest BCUT2D eigenvalue weighted by atomic mass is 16.4. The van der Waals surface area contributed by atoms with E-state index in [-0.39, 0.29) is 5.92 Å². The Morgan fingerprint density at radius 1 is 1.70 bits per heavy atom. The molecule has 1 saturated heterocycles. The molecule has 0 aliphatic carbocycles. The third-order valence-corrected chi connectivity index (χ3v) is 2.24. The van der Waals surface area contributed by atoms with Crippen LogP contribution in [0.1, 0.15) is 13.3 Å². The highest BCUT2D eigenvalue weighted by Gasteiger charge is 2.30. The Labute approximate surface area is 60.6 Å². The Morgan fingerprint density at radius 2 is 2.30 bits per heavy atom. The highest BCUT2D eigenvalue weighted by Crippen LogP contribution is 2.20. The van der Waals surface area contributed by atoms with Gasteiger partial charge in [-0.1, -0.05) is 0 Å². The van der Waals surface area contributed by atoms with Crippen LogP contribution in [0.4, 0.5) is 0 Å². The number of likely N-dealkylation sites (tertiary alicyclic amines) is 1. The van der Waals surface area contributed by atoms with Crippen molar-refractivity contribution in [2.45, 2.75) is 19.4 Å². The van der Waals surface area contributed by atoms with Crippen LogP contribution in [0.15, 0.2) is 0 Å². The molecular formula is C7H13NO2. The number of rotatable bonds is 1. The molecule has 2 atom stereocenters. The van der Waals surface area contributed by atoms with Crippen LogP contribution in [0.3, 0.4) is 0 Å². The summed E-state index contributed by atoms with van der Waals surface area (Å²) in [7, 11) is 1.97. The fraction of sp³-hybridized carbons (Fsp3) is 0.857. The van der Waals surface area contributed by atoms with Crippen molar-refractivity contribution in [1.29, 1.82) is 0 Å². The summed E-state index contributed by atoms with van der Waals surface area (Å²) in [6, 6.07) is 0.432. The van der Waals surface area contributed by atoms with Crippen LogP contribution in [0.2, 0.25) is 0 Å². The van der Waals surface area contributed by atoms with Gasteiger partial charge in [0.2, 0.25) is 0 Å². The van der Waals surface area contributed by atoms with Gasteiger partial charge >= 0.3 is 5.97 Å². The van der Waals surface area contributed by atoms with Crippen LogP contribution in [-0.4, -0.2) is 35.6 Å². The maximum atomic E-state index is 10.5. The second-order valence-corrected chi connectivity index (χ2v) is 3.06. The Hall–Kier alpha value is -0.570. The molecule has 1 aliphatic rings. The summed E-state index contributed by atoms with van der Waals surface area (Å²) in [6.45, 7) is 2.76. The predicted molar refractivity (Wildman–Crippen MR) is 37.8 cm³/mol. The first kappa shape index (κ1) is 7.54. The van der Waals surface area contributed by atoms with E-state index in [1.165, 1.54) is 0 Å². The van der Waals surface area contributed by atoms with Crippen LogP contribution in [0.5, 0.6) is 0 Å². The maximum Gasteiger partial charge on any atom is 0.307 e. The molecule has 0 amide bonds. The van der Waals surface area contributed by atoms with Crippen molar-refractivity contribution < 1.29 is 9.90 Å². The van der Waals surface area contributed by atoms with Crippen molar-refractivity contribution in [3.63, 3.8) is 0 Å². The van der Waals surface area contributed by atoms with Gasteiger partial charge in [0.15, 0.2) is 0 Å². The summed E-state index contributed by atoms with van der Waals surface area (Å²) in [5, 5.41) is 8.62. The fourth-order valence-electron chi connectivity index (χ4n) is 1.37. The molecule has 10 heavy (non-hydrogen) atoms. The normalized spacial score (nSPS) is 34.6. The number of carboxylic acids is 1. The summed E-state index contributed by atoms with van der Waals surface area (Å²) in [6.07, 6.45) is 0.797. The molecule has 2 unspecified atom stereocenters. The molecule has 0 radical (unpaired) electrons. The number of carbonyl (C=O) groups is 1. The van der Waals surface area contributed by atoms with Crippen molar-refractivity contribution in [2.24, 2.45) is 5.92 Å². The van der Waals surface area contributed by atoms with Crippen LogP contribution in [0.25, 0.3) is 0 Å². The standard InChI is InChI=1S/C7H13NO2/c1-5-3-6(7(9)10)4-8(5)2/h5-6H,3-4H2,1-2H3,(H,9,10). The first-order valence-corrected chi connectivity index (χ1v) is 3.54. The summed E-state index contributed by atoms with van der Waals surface area (Å²) >= 11 is 0. The van der Waals surface area contributed by atoms with E-state index in [4.69, 9.17) is 5.11 Å². The zero-order valence-electron chi connectivity index (χ0n) is 6.37. The van der Waals surface area contributed by atoms with Gasteiger partial charge in [0, 0.05) is 12.6 Å². The molecule has 1 N–H and O–H groups in total. The Bertz CT molecular complexity index is 137. The van der Waals surface area contributed by atoms with Crippen molar-refractivity contribution in [3.8, 4) is 0 Å². The maximum absolute atomic E-state index is 10.5. The molecule has 0 aromatic rings. The molecule has 1 heterocycles. The Kier molecular flexibility index (Phi) is 1.94. The smallest absolute Gasteiger partial charge is 0.307 e. The van der Waals surface area contributed by atoms with E-state index in [2.05, 4.69) is 11.8 Å². The Balaban J connectivity index is 2.49. The first-order valence-electron chi connectivity index (χ1n) is 3.54. The molecule has 3 nitrogen and oxygen atoms in total. The zero-order valence-corrected chi connectivity index (χ0v) is 6.37. The average Bonchev–Trinajstić information content (AvgIpc) is 2.13. The highest BCUT2D eigenvalue weighted by molar-refractivity contribution is 5.70. The first-order chi connectivity index (χ1) is 4.61. The fourth-order valence-corrected chi connectivity index (χ4v) is 1.37. The van der Waals surface area contributed by atoms with Gasteiger partial charge < -0.3 is 10.0 Å². The van der Waals surface area contributed by atoms with Crippen molar-refractivity contribution in [3.05, 3.63) is 0 Å². The van der Waals surface area contributed by atoms with Gasteiger partial charge in [-0.2, -0.15) is 0 Å². The Morgan fingerprint density at radius 3 is 2.50 bits per heavy atom. The molecular weight excluding hydrogens is 130 g/mol. The van der Waals surface area contributed by atoms with Crippen molar-refractivity contribution in [1.82, 2.24) is 4.90 Å². The van der Waals surface area contributed by atoms with Crippen LogP contribution in [-0.2, 0) is 4.79 Å². The monoisotopic (exact) mass is 143 g/mol. The van der Waals surface area contributed by atoms with E-state index in [1.807, 2.05) is 7.05 Å². The number of aliphatic carboxylic acids is 1. The van der Waals surface area contributed by atoms with Gasteiger partial charge in [-0.3, -0.25) is 4.79 Å². The molecule has 58 valence electrons. The van der Waals surface area contributed by atoms with E-state index in [0.717, 1.165) is 6.42 Å². The number of hydrogen-bond acceptors (Lipinski definition) is 2. The summed E-state index contributed by atoms with van der Waals surface area (Å²) in [5.41, 5.74) is 0. The van der Waals surface area contributed by atoms with E-state index < -0.39 is 5.97 Å². The minimum atomic E-state index is -0.656. The van der Waals surface area contributed by atoms with Gasteiger partial charge in [0.1, 0.15) is 0 Å². The number of hydrogen-bond donors (Lipinski definition) is 1. The lowest BCUT2D eigenvalue weighted by atomic mass is 10.1. The van der Waals surface area contributed by atoms with Crippen LogP contribution < -0.4 is 0 Å². The molecule has 0 saturated carbocycles. The SMILES string of the molecule is CC1CC(C(=O)O)CN1C. The largest absolute Gasteiger partial charge is 0.481 e. The van der Waals surface area contributed by atoms with E-state index in [9.17, 15) is 4.79 Å². The average molecular weight is 143 g/mol. The third-order valence-electron chi connectivity index (χ3n) is 2.24.